The van der Waals surface area contributed by atoms with Crippen LogP contribution in [0.15, 0.2) is 22.8 Å². The van der Waals surface area contributed by atoms with Crippen LogP contribution in [0, 0.1) is 0 Å². The van der Waals surface area contributed by atoms with E-state index in [1.54, 1.807) is 0 Å². The molecule has 1 aliphatic rings. The van der Waals surface area contributed by atoms with Crippen LogP contribution in [-0.4, -0.2) is 35.6 Å². The fraction of sp³-hybridized carbons (Fsp3) is 0.583. The number of nitrogens with one attached hydrogen (secondary N) is 1. The number of hydrogen-bond acceptors (Lipinski definition) is 3. The fourth-order valence-corrected chi connectivity index (χ4v) is 2.67. The lowest BCUT2D eigenvalue weighted by Crippen LogP contribution is -2.34. The molecule has 0 amide bonds. The van der Waals surface area contributed by atoms with Crippen molar-refractivity contribution in [2.45, 2.75) is 25.8 Å². The molecule has 1 N–H and O–H groups in total. The van der Waals surface area contributed by atoms with Crippen molar-refractivity contribution < 1.29 is 0 Å². The van der Waals surface area contributed by atoms with E-state index in [2.05, 4.69) is 38.1 Å². The summed E-state index contributed by atoms with van der Waals surface area (Å²) in [7, 11) is 0. The first-order chi connectivity index (χ1) is 7.81. The van der Waals surface area contributed by atoms with Crippen LogP contribution in [-0.2, 0) is 0 Å². The quantitative estimate of drug-likeness (QED) is 0.921. The van der Waals surface area contributed by atoms with Crippen LogP contribution in [0.4, 0.5) is 5.82 Å². The van der Waals surface area contributed by atoms with Gasteiger partial charge in [0.05, 0.1) is 4.47 Å². The lowest BCUT2D eigenvalue weighted by atomic mass is 10.2. The second kappa shape index (κ2) is 5.64. The molecule has 0 aliphatic carbocycles. The Hall–Kier alpha value is -0.610. The number of halogens is 1. The fourth-order valence-electron chi connectivity index (χ4n) is 2.27. The van der Waals surface area contributed by atoms with Crippen LogP contribution in [0.5, 0.6) is 0 Å². The second-order valence-corrected chi connectivity index (χ2v) is 4.99. The Morgan fingerprint density at radius 1 is 1.62 bits per heavy atom. The third kappa shape index (κ3) is 2.74. The van der Waals surface area contributed by atoms with Crippen LogP contribution in [0.2, 0.25) is 0 Å². The highest BCUT2D eigenvalue weighted by atomic mass is 79.9. The molecule has 1 fully saturated rings. The first-order valence-corrected chi connectivity index (χ1v) is 6.69. The number of anilines is 1. The van der Waals surface area contributed by atoms with Gasteiger partial charge in [0, 0.05) is 18.8 Å². The maximum absolute atomic E-state index is 4.31. The molecule has 0 radical (unpaired) electrons. The molecule has 3 nitrogen and oxygen atoms in total. The number of likely N-dealkylation sites (N-methyl/N-ethyl adjacent to an activating group) is 1. The number of pyridine rings is 1. The molecule has 0 bridgehead atoms. The highest BCUT2D eigenvalue weighted by molar-refractivity contribution is 9.10. The smallest absolute Gasteiger partial charge is 0.140 e. The van der Waals surface area contributed by atoms with Gasteiger partial charge in [0.2, 0.25) is 0 Å². The highest BCUT2D eigenvalue weighted by Crippen LogP contribution is 2.21. The molecular formula is C12H18BrN3. The predicted molar refractivity (Wildman–Crippen MR) is 70.7 cm³/mol. The zero-order chi connectivity index (χ0) is 11.4. The Morgan fingerprint density at radius 3 is 3.25 bits per heavy atom. The monoisotopic (exact) mass is 283 g/mol. The summed E-state index contributed by atoms with van der Waals surface area (Å²) in [5.74, 6) is 0.949. The summed E-state index contributed by atoms with van der Waals surface area (Å²) in [6.45, 7) is 5.61. The van der Waals surface area contributed by atoms with E-state index < -0.39 is 0 Å². The third-order valence-corrected chi connectivity index (χ3v) is 3.81. The topological polar surface area (TPSA) is 28.2 Å². The minimum Gasteiger partial charge on any atom is -0.368 e. The normalized spacial score (nSPS) is 21.2. The first kappa shape index (κ1) is 11.9. The predicted octanol–water partition coefficient (Wildman–Crippen LogP) is 2.74. The van der Waals surface area contributed by atoms with Crippen molar-refractivity contribution in [3.63, 3.8) is 0 Å². The van der Waals surface area contributed by atoms with Crippen molar-refractivity contribution in [2.75, 3.05) is 25.0 Å². The van der Waals surface area contributed by atoms with E-state index in [9.17, 15) is 0 Å². The Balaban J connectivity index is 1.90. The Morgan fingerprint density at radius 2 is 2.50 bits per heavy atom. The van der Waals surface area contributed by atoms with Crippen LogP contribution in [0.25, 0.3) is 0 Å². The summed E-state index contributed by atoms with van der Waals surface area (Å²) in [5, 5.41) is 3.42. The Labute approximate surface area is 105 Å². The van der Waals surface area contributed by atoms with Gasteiger partial charge in [-0.2, -0.15) is 0 Å². The molecule has 1 aliphatic heterocycles. The van der Waals surface area contributed by atoms with Crippen LogP contribution in [0.3, 0.4) is 0 Å². The first-order valence-electron chi connectivity index (χ1n) is 5.89. The summed E-state index contributed by atoms with van der Waals surface area (Å²) in [6, 6.07) is 4.61. The van der Waals surface area contributed by atoms with E-state index in [-0.39, 0.29) is 0 Å². The number of likely N-dealkylation sites (tertiary alicyclic amines) is 1. The molecule has 1 atom stereocenters. The maximum Gasteiger partial charge on any atom is 0.140 e. The largest absolute Gasteiger partial charge is 0.368 e. The second-order valence-electron chi connectivity index (χ2n) is 4.14. The summed E-state index contributed by atoms with van der Waals surface area (Å²) < 4.78 is 1.04. The minimum absolute atomic E-state index is 0.666. The standard InChI is InChI=1S/C12H18BrN3/c1-2-16-8-4-5-10(16)9-15-12-11(13)6-3-7-14-12/h3,6-7,10H,2,4-5,8-9H2,1H3,(H,14,15). The number of nitrogens with zero attached hydrogens (tertiary/aromatic N) is 2. The van der Waals surface area contributed by atoms with E-state index in [4.69, 9.17) is 0 Å². The molecule has 0 aromatic carbocycles. The number of aromatic nitrogens is 1. The van der Waals surface area contributed by atoms with Crippen LogP contribution < -0.4 is 5.32 Å². The van der Waals surface area contributed by atoms with Crippen LogP contribution >= 0.6 is 15.9 Å². The summed E-state index contributed by atoms with van der Waals surface area (Å²) in [4.78, 5) is 6.85. The number of hydrogen-bond donors (Lipinski definition) is 1. The van der Waals surface area contributed by atoms with Gasteiger partial charge >= 0.3 is 0 Å². The van der Waals surface area contributed by atoms with Crippen molar-refractivity contribution in [2.24, 2.45) is 0 Å². The van der Waals surface area contributed by atoms with Crippen molar-refractivity contribution in [3.05, 3.63) is 22.8 Å². The van der Waals surface area contributed by atoms with Gasteiger partial charge in [0.15, 0.2) is 0 Å². The summed E-state index contributed by atoms with van der Waals surface area (Å²) >= 11 is 3.50. The lowest BCUT2D eigenvalue weighted by Gasteiger charge is -2.23. The molecule has 4 heteroatoms. The van der Waals surface area contributed by atoms with Gasteiger partial charge in [-0.05, 0) is 54.0 Å². The van der Waals surface area contributed by atoms with Crippen molar-refractivity contribution in [1.82, 2.24) is 9.88 Å². The highest BCUT2D eigenvalue weighted by Gasteiger charge is 2.22. The van der Waals surface area contributed by atoms with Gasteiger partial charge in [-0.15, -0.1) is 0 Å². The molecule has 2 heterocycles. The van der Waals surface area contributed by atoms with Gasteiger partial charge in [0.1, 0.15) is 5.82 Å². The van der Waals surface area contributed by atoms with Gasteiger partial charge in [0.25, 0.3) is 0 Å². The molecule has 1 aromatic rings. The van der Waals surface area contributed by atoms with Crippen LogP contribution in [0.1, 0.15) is 19.8 Å². The average Bonchev–Trinajstić information content (AvgIpc) is 2.75. The summed E-state index contributed by atoms with van der Waals surface area (Å²) in [6.07, 6.45) is 4.44. The molecule has 1 unspecified atom stereocenters. The molecule has 16 heavy (non-hydrogen) atoms. The lowest BCUT2D eigenvalue weighted by molar-refractivity contribution is 0.277. The Kier molecular flexibility index (Phi) is 4.18. The maximum atomic E-state index is 4.31. The molecule has 1 saturated heterocycles. The minimum atomic E-state index is 0.666. The molecule has 88 valence electrons. The molecular weight excluding hydrogens is 266 g/mol. The summed E-state index contributed by atoms with van der Waals surface area (Å²) in [5.41, 5.74) is 0. The van der Waals surface area contributed by atoms with E-state index >= 15 is 0 Å². The van der Waals surface area contributed by atoms with Gasteiger partial charge in [-0.3, -0.25) is 4.90 Å². The number of rotatable bonds is 4. The van der Waals surface area contributed by atoms with Gasteiger partial charge in [-0.25, -0.2) is 4.98 Å². The van der Waals surface area contributed by atoms with E-state index in [0.29, 0.717) is 6.04 Å². The van der Waals surface area contributed by atoms with E-state index in [0.717, 1.165) is 23.4 Å². The molecule has 0 saturated carbocycles. The third-order valence-electron chi connectivity index (χ3n) is 3.17. The van der Waals surface area contributed by atoms with Gasteiger partial charge < -0.3 is 5.32 Å². The van der Waals surface area contributed by atoms with Crippen molar-refractivity contribution >= 4 is 21.7 Å². The zero-order valence-corrected chi connectivity index (χ0v) is 11.2. The van der Waals surface area contributed by atoms with E-state index in [1.165, 1.54) is 19.4 Å². The molecule has 0 spiro atoms. The SMILES string of the molecule is CCN1CCCC1CNc1ncccc1Br. The Bertz CT molecular complexity index is 343. The average molecular weight is 284 g/mol. The van der Waals surface area contributed by atoms with Crippen molar-refractivity contribution in [1.29, 1.82) is 0 Å². The zero-order valence-electron chi connectivity index (χ0n) is 9.62. The van der Waals surface area contributed by atoms with Gasteiger partial charge in [-0.1, -0.05) is 6.92 Å². The molecule has 1 aromatic heterocycles. The van der Waals surface area contributed by atoms with E-state index in [1.807, 2.05) is 18.3 Å². The molecule has 2 rings (SSSR count). The van der Waals surface area contributed by atoms with Crippen molar-refractivity contribution in [3.8, 4) is 0 Å².